The number of hydrogen-bond acceptors (Lipinski definition) is 7. The van der Waals surface area contributed by atoms with Gasteiger partial charge in [-0.2, -0.15) is 0 Å². The van der Waals surface area contributed by atoms with Gasteiger partial charge < -0.3 is 24.6 Å². The molecule has 5 aliphatic rings. The number of carbonyl (C=O) groups is 3. The van der Waals surface area contributed by atoms with Gasteiger partial charge in [0, 0.05) is 53.7 Å². The standard InChI is InChI=1S/C44H57ClFNO7/c1-28-10-8-18-41(4)34(31-16-14-29(24-30(48)15-13-28)25-32(31)37(49)26-33-35(45)11-7-12-36(33)46)17-19-43(41,52)27-47(22-9-23-53-6)38(50)44-21-20-42(5,39(51)54-44)40(44,2)3/h7,10-12,14,16,25,30,34,48,52H,8-9,13,15,17-24,26-27H2,1-6H3. The number of aliphatic hydroxyl groups is 2. The molecule has 7 rings (SSSR count). The van der Waals surface area contributed by atoms with Gasteiger partial charge in [0.1, 0.15) is 5.82 Å². The van der Waals surface area contributed by atoms with E-state index in [1.165, 1.54) is 12.1 Å². The highest BCUT2D eigenvalue weighted by Gasteiger charge is 2.76. The smallest absolute Gasteiger partial charge is 0.313 e. The topological polar surface area (TPSA) is 113 Å². The van der Waals surface area contributed by atoms with Gasteiger partial charge in [-0.25, -0.2) is 4.39 Å². The van der Waals surface area contributed by atoms with E-state index in [9.17, 15) is 24.6 Å². The van der Waals surface area contributed by atoms with E-state index in [0.29, 0.717) is 82.9 Å². The lowest BCUT2D eigenvalue weighted by atomic mass is 9.64. The summed E-state index contributed by atoms with van der Waals surface area (Å²) in [6, 6.07) is 10.1. The van der Waals surface area contributed by atoms with E-state index in [2.05, 4.69) is 19.9 Å². The molecule has 0 aromatic heterocycles. The van der Waals surface area contributed by atoms with Crippen molar-refractivity contribution in [2.45, 2.75) is 128 Å². The maximum Gasteiger partial charge on any atom is 0.313 e. The van der Waals surface area contributed by atoms with E-state index in [4.69, 9.17) is 21.1 Å². The quantitative estimate of drug-likeness (QED) is 0.109. The van der Waals surface area contributed by atoms with Crippen LogP contribution in [0.1, 0.15) is 125 Å². The molecule has 4 bridgehead atoms. The van der Waals surface area contributed by atoms with Gasteiger partial charge in [-0.15, -0.1) is 0 Å². The van der Waals surface area contributed by atoms with Gasteiger partial charge in [-0.3, -0.25) is 14.4 Å². The number of carbonyl (C=O) groups excluding carboxylic acids is 3. The highest BCUT2D eigenvalue weighted by atomic mass is 35.5. The van der Waals surface area contributed by atoms with Crippen molar-refractivity contribution in [3.63, 3.8) is 0 Å². The van der Waals surface area contributed by atoms with Crippen LogP contribution >= 0.6 is 11.6 Å². The Labute approximate surface area is 324 Å². The van der Waals surface area contributed by atoms with Gasteiger partial charge in [-0.05, 0) is 113 Å². The largest absolute Gasteiger partial charge is 0.448 e. The third-order valence-corrected chi connectivity index (χ3v) is 14.7. The Balaban J connectivity index is 1.42. The van der Waals surface area contributed by atoms with Crippen molar-refractivity contribution < 1.29 is 38.5 Å². The molecule has 8 nitrogen and oxygen atoms in total. The summed E-state index contributed by atoms with van der Waals surface area (Å²) in [6.45, 7) is 10.7. The Hall–Kier alpha value is -3.11. The molecule has 0 spiro atoms. The van der Waals surface area contributed by atoms with Gasteiger partial charge in [0.25, 0.3) is 5.91 Å². The summed E-state index contributed by atoms with van der Waals surface area (Å²) in [6.07, 6.45) is 6.58. The summed E-state index contributed by atoms with van der Waals surface area (Å²) >= 11 is 6.40. The maximum atomic E-state index is 15.0. The van der Waals surface area contributed by atoms with Gasteiger partial charge in [-0.1, -0.05) is 62.2 Å². The number of amides is 1. The van der Waals surface area contributed by atoms with Crippen LogP contribution in [0.5, 0.6) is 0 Å². The van der Waals surface area contributed by atoms with Crippen molar-refractivity contribution in [1.82, 2.24) is 4.90 Å². The first kappa shape index (κ1) is 40.6. The van der Waals surface area contributed by atoms with Crippen LogP contribution in [-0.4, -0.2) is 76.9 Å². The lowest BCUT2D eigenvalue weighted by Gasteiger charge is -2.47. The Bertz CT molecular complexity index is 1810. The van der Waals surface area contributed by atoms with Crippen molar-refractivity contribution in [2.24, 2.45) is 16.2 Å². The van der Waals surface area contributed by atoms with Gasteiger partial charge in [0.15, 0.2) is 11.4 Å². The first-order chi connectivity index (χ1) is 25.4. The fourth-order valence-corrected chi connectivity index (χ4v) is 10.4. The second kappa shape index (κ2) is 15.1. The molecule has 4 aliphatic carbocycles. The van der Waals surface area contributed by atoms with Crippen LogP contribution in [0.4, 0.5) is 4.39 Å². The molecule has 2 saturated carbocycles. The number of Topliss-reactive ketones (excluding diaryl/α,β-unsaturated/α-hetero) is 1. The number of ether oxygens (including phenoxy) is 2. The number of allylic oxidation sites excluding steroid dienone is 2. The van der Waals surface area contributed by atoms with Crippen LogP contribution in [0.3, 0.4) is 0 Å². The number of hydrogen-bond donors (Lipinski definition) is 2. The summed E-state index contributed by atoms with van der Waals surface area (Å²) in [5.41, 5.74) is -1.79. The third-order valence-electron chi connectivity index (χ3n) is 14.3. The maximum absolute atomic E-state index is 15.0. The minimum atomic E-state index is -1.38. The number of ketones is 1. The molecule has 54 heavy (non-hydrogen) atoms. The molecule has 1 aliphatic heterocycles. The zero-order valence-corrected chi connectivity index (χ0v) is 33.5. The average Bonchev–Trinajstić information content (AvgIpc) is 3.55. The van der Waals surface area contributed by atoms with E-state index >= 15 is 4.39 Å². The SMILES string of the molecule is COCCCN(CC1(O)CCC2c3ccc(cc3C(=O)Cc3c(F)cccc3Cl)CC(O)CCC(C)=CCCC21C)C(=O)C12CCC(C)(C(=O)O1)C2(C)C. The van der Waals surface area contributed by atoms with E-state index in [1.807, 2.05) is 39.0 Å². The van der Waals surface area contributed by atoms with E-state index in [0.717, 1.165) is 16.7 Å². The molecule has 2 aromatic rings. The Morgan fingerprint density at radius 2 is 1.83 bits per heavy atom. The molecule has 1 heterocycles. The molecule has 2 N–H and O–H groups in total. The van der Waals surface area contributed by atoms with Crippen LogP contribution in [0.25, 0.3) is 0 Å². The van der Waals surface area contributed by atoms with Crippen molar-refractivity contribution in [1.29, 1.82) is 0 Å². The van der Waals surface area contributed by atoms with Gasteiger partial charge >= 0.3 is 5.97 Å². The number of rotatable bonds is 10. The summed E-state index contributed by atoms with van der Waals surface area (Å²) in [7, 11) is 1.61. The third kappa shape index (κ3) is 6.75. The van der Waals surface area contributed by atoms with Crippen molar-refractivity contribution >= 4 is 29.3 Å². The predicted octanol–water partition coefficient (Wildman–Crippen LogP) is 7.93. The van der Waals surface area contributed by atoms with E-state index < -0.39 is 39.4 Å². The van der Waals surface area contributed by atoms with E-state index in [-0.39, 0.29) is 47.1 Å². The summed E-state index contributed by atoms with van der Waals surface area (Å²) in [4.78, 5) is 44.2. The van der Waals surface area contributed by atoms with Crippen LogP contribution in [0, 0.1) is 22.1 Å². The van der Waals surface area contributed by atoms with Crippen LogP contribution in [-0.2, 0) is 31.9 Å². The number of methoxy groups -OCH3 is 1. The molecule has 2 aromatic carbocycles. The van der Waals surface area contributed by atoms with Crippen LogP contribution < -0.4 is 0 Å². The number of aliphatic hydroxyl groups excluding tert-OH is 1. The second-order valence-electron chi connectivity index (χ2n) is 17.5. The Morgan fingerprint density at radius 3 is 2.50 bits per heavy atom. The lowest BCUT2D eigenvalue weighted by molar-refractivity contribution is -0.177. The summed E-state index contributed by atoms with van der Waals surface area (Å²) in [5, 5.41) is 24.3. The molecule has 10 heteroatoms. The average molecular weight is 766 g/mol. The fraction of sp³-hybridized carbons (Fsp3) is 0.614. The van der Waals surface area contributed by atoms with Crippen LogP contribution in [0.2, 0.25) is 5.02 Å². The molecule has 1 saturated heterocycles. The van der Waals surface area contributed by atoms with Crippen molar-refractivity contribution in [2.75, 3.05) is 26.8 Å². The minimum Gasteiger partial charge on any atom is -0.448 e. The fourth-order valence-electron chi connectivity index (χ4n) is 10.1. The molecule has 1 amide bonds. The van der Waals surface area contributed by atoms with Gasteiger partial charge in [0.2, 0.25) is 0 Å². The highest BCUT2D eigenvalue weighted by Crippen LogP contribution is 2.66. The Morgan fingerprint density at radius 1 is 1.07 bits per heavy atom. The number of halogens is 2. The highest BCUT2D eigenvalue weighted by molar-refractivity contribution is 6.31. The molecule has 294 valence electrons. The summed E-state index contributed by atoms with van der Waals surface area (Å²) < 4.78 is 26.4. The number of benzene rings is 2. The van der Waals surface area contributed by atoms with Crippen molar-refractivity contribution in [3.8, 4) is 0 Å². The summed E-state index contributed by atoms with van der Waals surface area (Å²) in [5.74, 6) is -1.77. The van der Waals surface area contributed by atoms with Crippen LogP contribution in [0.15, 0.2) is 48.0 Å². The number of esters is 1. The molecule has 3 fully saturated rings. The first-order valence-corrected chi connectivity index (χ1v) is 20.0. The predicted molar refractivity (Wildman–Crippen MR) is 206 cm³/mol. The zero-order valence-electron chi connectivity index (χ0n) is 32.7. The monoisotopic (exact) mass is 765 g/mol. The molecular weight excluding hydrogens is 709 g/mol. The lowest BCUT2D eigenvalue weighted by Crippen LogP contribution is -2.60. The van der Waals surface area contributed by atoms with Gasteiger partial charge in [0.05, 0.1) is 23.7 Å². The Kier molecular flexibility index (Phi) is 11.3. The van der Waals surface area contributed by atoms with E-state index in [1.54, 1.807) is 18.1 Å². The normalized spacial score (nSPS) is 31.8. The first-order valence-electron chi connectivity index (χ1n) is 19.6. The second-order valence-corrected chi connectivity index (χ2v) is 17.9. The molecular formula is C44H57ClFNO7. The van der Waals surface area contributed by atoms with Crippen molar-refractivity contribution in [3.05, 3.63) is 81.1 Å². The minimum absolute atomic E-state index is 0.0235. The zero-order chi connectivity index (χ0) is 39.3. The molecule has 6 atom stereocenters. The molecule has 6 unspecified atom stereocenters. The number of fused-ring (bicyclic) bond motifs is 10. The molecule has 0 radical (unpaired) electrons. The number of nitrogens with zero attached hydrogens (tertiary/aromatic N) is 1.